The van der Waals surface area contributed by atoms with Crippen LogP contribution in [0.2, 0.25) is 0 Å². The van der Waals surface area contributed by atoms with E-state index in [1.165, 1.54) is 11.3 Å². The first-order valence-electron chi connectivity index (χ1n) is 6.54. The lowest BCUT2D eigenvalue weighted by molar-refractivity contribution is -0.136. The zero-order chi connectivity index (χ0) is 14.8. The van der Waals surface area contributed by atoms with Crippen LogP contribution in [0.1, 0.15) is 37.9 Å². The summed E-state index contributed by atoms with van der Waals surface area (Å²) < 4.78 is 36.3. The lowest BCUT2D eigenvalue weighted by Crippen LogP contribution is -2.31. The number of amides is 1. The number of alkyl halides is 3. The molecule has 1 aliphatic rings. The normalized spacial score (nSPS) is 23.6. The Morgan fingerprint density at radius 2 is 2.15 bits per heavy atom. The maximum atomic E-state index is 12.1. The predicted molar refractivity (Wildman–Crippen MR) is 71.3 cm³/mol. The summed E-state index contributed by atoms with van der Waals surface area (Å²) >= 11 is 1.54. The van der Waals surface area contributed by atoms with Crippen LogP contribution >= 0.6 is 11.3 Å². The van der Waals surface area contributed by atoms with E-state index in [-0.39, 0.29) is 24.5 Å². The molecule has 0 aliphatic carbocycles. The van der Waals surface area contributed by atoms with Gasteiger partial charge in [0.15, 0.2) is 0 Å². The van der Waals surface area contributed by atoms with Crippen LogP contribution in [0.5, 0.6) is 0 Å². The highest BCUT2D eigenvalue weighted by molar-refractivity contribution is 7.07. The maximum Gasteiger partial charge on any atom is 0.389 e. The molecule has 2 rings (SSSR count). The summed E-state index contributed by atoms with van der Waals surface area (Å²) in [5.41, 5.74) is 0.989. The molecule has 2 heterocycles. The van der Waals surface area contributed by atoms with Crippen molar-refractivity contribution in [3.05, 3.63) is 22.4 Å². The Kier molecular flexibility index (Phi) is 4.70. The van der Waals surface area contributed by atoms with E-state index in [1.54, 1.807) is 11.8 Å². The molecule has 1 aromatic heterocycles. The number of carbonyl (C=O) groups excluding carboxylic acids is 1. The van der Waals surface area contributed by atoms with Gasteiger partial charge in [0, 0.05) is 13.0 Å². The average Bonchev–Trinajstić information content (AvgIpc) is 2.95. The maximum absolute atomic E-state index is 12.1. The van der Waals surface area contributed by atoms with E-state index in [4.69, 9.17) is 0 Å². The molecular formula is C13H17F3N2OS. The molecule has 0 saturated carbocycles. The molecule has 20 heavy (non-hydrogen) atoms. The van der Waals surface area contributed by atoms with Crippen molar-refractivity contribution in [1.82, 2.24) is 10.2 Å². The summed E-state index contributed by atoms with van der Waals surface area (Å²) in [7, 11) is 0. The first-order valence-corrected chi connectivity index (χ1v) is 7.48. The van der Waals surface area contributed by atoms with Crippen molar-refractivity contribution in [1.29, 1.82) is 0 Å². The fourth-order valence-corrected chi connectivity index (χ4v) is 3.01. The number of hydrogen-bond acceptors (Lipinski definition) is 3. The van der Waals surface area contributed by atoms with E-state index >= 15 is 0 Å². The number of hydrogen-bond donors (Lipinski definition) is 1. The van der Waals surface area contributed by atoms with Crippen LogP contribution in [-0.4, -0.2) is 29.6 Å². The number of nitrogens with one attached hydrogen (secondary N) is 1. The highest BCUT2D eigenvalue weighted by atomic mass is 32.1. The fraction of sp³-hybridized carbons (Fsp3) is 0.615. The third-order valence-electron chi connectivity index (χ3n) is 3.34. The van der Waals surface area contributed by atoms with Crippen molar-refractivity contribution >= 4 is 17.2 Å². The zero-order valence-electron chi connectivity index (χ0n) is 11.1. The second-order valence-corrected chi connectivity index (χ2v) is 5.73. The minimum Gasteiger partial charge on any atom is -0.322 e. The Labute approximate surface area is 119 Å². The Balaban J connectivity index is 1.92. The van der Waals surface area contributed by atoms with Crippen LogP contribution in [-0.2, 0) is 4.79 Å². The smallest absolute Gasteiger partial charge is 0.322 e. The van der Waals surface area contributed by atoms with Gasteiger partial charge >= 0.3 is 6.18 Å². The minimum absolute atomic E-state index is 0.0480. The van der Waals surface area contributed by atoms with E-state index in [1.807, 2.05) is 16.8 Å². The average molecular weight is 306 g/mol. The van der Waals surface area contributed by atoms with E-state index < -0.39 is 12.6 Å². The minimum atomic E-state index is -4.12. The van der Waals surface area contributed by atoms with E-state index in [9.17, 15) is 18.0 Å². The summed E-state index contributed by atoms with van der Waals surface area (Å²) in [5, 5.41) is 7.05. The van der Waals surface area contributed by atoms with Gasteiger partial charge in [0.25, 0.3) is 0 Å². The van der Waals surface area contributed by atoms with Gasteiger partial charge < -0.3 is 4.90 Å². The predicted octanol–water partition coefficient (Wildman–Crippen LogP) is 3.30. The Morgan fingerprint density at radius 1 is 1.40 bits per heavy atom. The second kappa shape index (κ2) is 6.13. The SMILES string of the molecule is CC1NC(c2ccsc2)N(CCCCC(F)(F)F)C1=O. The van der Waals surface area contributed by atoms with Gasteiger partial charge in [0.05, 0.1) is 6.04 Å². The quantitative estimate of drug-likeness (QED) is 0.847. The van der Waals surface area contributed by atoms with E-state index in [2.05, 4.69) is 5.32 Å². The summed E-state index contributed by atoms with van der Waals surface area (Å²) in [6.07, 6.45) is -4.71. The van der Waals surface area contributed by atoms with Crippen LogP contribution in [0.4, 0.5) is 13.2 Å². The summed E-state index contributed by atoms with van der Waals surface area (Å²) in [5.74, 6) is -0.0480. The molecule has 1 aliphatic heterocycles. The number of thiophene rings is 1. The van der Waals surface area contributed by atoms with Gasteiger partial charge in [-0.2, -0.15) is 24.5 Å². The van der Waals surface area contributed by atoms with Crippen molar-refractivity contribution in [2.45, 2.75) is 44.6 Å². The van der Waals surface area contributed by atoms with Gasteiger partial charge in [-0.25, -0.2) is 0 Å². The van der Waals surface area contributed by atoms with Crippen LogP contribution < -0.4 is 5.32 Å². The van der Waals surface area contributed by atoms with Crippen molar-refractivity contribution in [2.75, 3.05) is 6.54 Å². The Bertz CT molecular complexity index is 447. The highest BCUT2D eigenvalue weighted by Crippen LogP contribution is 2.28. The lowest BCUT2D eigenvalue weighted by atomic mass is 10.2. The van der Waals surface area contributed by atoms with Crippen molar-refractivity contribution in [2.24, 2.45) is 0 Å². The van der Waals surface area contributed by atoms with Crippen molar-refractivity contribution in [3.63, 3.8) is 0 Å². The molecule has 0 radical (unpaired) electrons. The molecular weight excluding hydrogens is 289 g/mol. The molecule has 0 spiro atoms. The molecule has 1 saturated heterocycles. The van der Waals surface area contributed by atoms with Crippen molar-refractivity contribution in [3.8, 4) is 0 Å². The van der Waals surface area contributed by atoms with E-state index in [0.29, 0.717) is 13.0 Å². The monoisotopic (exact) mass is 306 g/mol. The summed E-state index contributed by atoms with van der Waals surface area (Å²) in [4.78, 5) is 13.7. The molecule has 2 unspecified atom stereocenters. The first kappa shape index (κ1) is 15.3. The lowest BCUT2D eigenvalue weighted by Gasteiger charge is -2.23. The Hall–Kier alpha value is -1.08. The van der Waals surface area contributed by atoms with Gasteiger partial charge in [0.1, 0.15) is 6.17 Å². The third kappa shape index (κ3) is 3.73. The molecule has 1 amide bonds. The van der Waals surface area contributed by atoms with E-state index in [0.717, 1.165) is 5.56 Å². The fourth-order valence-electron chi connectivity index (χ4n) is 2.33. The Morgan fingerprint density at radius 3 is 2.75 bits per heavy atom. The van der Waals surface area contributed by atoms with Crippen LogP contribution in [0.15, 0.2) is 16.8 Å². The third-order valence-corrected chi connectivity index (χ3v) is 4.04. The number of halogens is 3. The van der Waals surface area contributed by atoms with Gasteiger partial charge in [-0.3, -0.25) is 10.1 Å². The second-order valence-electron chi connectivity index (χ2n) is 4.95. The van der Waals surface area contributed by atoms with Gasteiger partial charge in [-0.05, 0) is 42.2 Å². The molecule has 1 fully saturated rings. The molecule has 7 heteroatoms. The zero-order valence-corrected chi connectivity index (χ0v) is 11.9. The van der Waals surface area contributed by atoms with Gasteiger partial charge in [0.2, 0.25) is 5.91 Å². The van der Waals surface area contributed by atoms with Gasteiger partial charge in [-0.1, -0.05) is 0 Å². The molecule has 0 bridgehead atoms. The molecule has 0 aromatic carbocycles. The topological polar surface area (TPSA) is 32.3 Å². The first-order chi connectivity index (χ1) is 9.38. The van der Waals surface area contributed by atoms with Crippen molar-refractivity contribution < 1.29 is 18.0 Å². The number of unbranched alkanes of at least 4 members (excludes halogenated alkanes) is 1. The molecule has 3 nitrogen and oxygen atoms in total. The molecule has 2 atom stereocenters. The van der Waals surface area contributed by atoms with Gasteiger partial charge in [-0.15, -0.1) is 0 Å². The standard InChI is InChI=1S/C13H17F3N2OS/c1-9-12(19)18(6-3-2-5-13(14,15)16)11(17-9)10-4-7-20-8-10/h4,7-9,11,17H,2-3,5-6H2,1H3. The summed E-state index contributed by atoms with van der Waals surface area (Å²) in [6, 6.07) is 1.64. The number of rotatable bonds is 5. The summed E-state index contributed by atoms with van der Waals surface area (Å²) in [6.45, 7) is 2.13. The van der Waals surface area contributed by atoms with Crippen LogP contribution in [0.25, 0.3) is 0 Å². The molecule has 1 aromatic rings. The largest absolute Gasteiger partial charge is 0.389 e. The van der Waals surface area contributed by atoms with Crippen LogP contribution in [0.3, 0.4) is 0 Å². The molecule has 112 valence electrons. The number of nitrogens with zero attached hydrogens (tertiary/aromatic N) is 1. The number of carbonyl (C=O) groups is 1. The highest BCUT2D eigenvalue weighted by Gasteiger charge is 2.37. The molecule has 1 N–H and O–H groups in total. The van der Waals surface area contributed by atoms with Crippen LogP contribution in [0, 0.1) is 0 Å².